The Kier molecular flexibility index (Phi) is 3.41. The zero-order valence-electron chi connectivity index (χ0n) is 7.71. The van der Waals surface area contributed by atoms with Crippen molar-refractivity contribution in [3.8, 4) is 5.75 Å². The van der Waals surface area contributed by atoms with Gasteiger partial charge in [-0.15, -0.1) is 0 Å². The minimum Gasteiger partial charge on any atom is -0.484 e. The van der Waals surface area contributed by atoms with E-state index in [9.17, 15) is 9.18 Å². The summed E-state index contributed by atoms with van der Waals surface area (Å²) < 4.78 is 17.9. The summed E-state index contributed by atoms with van der Waals surface area (Å²) in [5, 5.41) is 0. The molecule has 14 heavy (non-hydrogen) atoms. The fourth-order valence-electron chi connectivity index (χ4n) is 0.854. The minimum absolute atomic E-state index is 0.223. The van der Waals surface area contributed by atoms with Crippen LogP contribution in [0.2, 0.25) is 0 Å². The van der Waals surface area contributed by atoms with Crippen molar-refractivity contribution in [2.24, 2.45) is 5.84 Å². The van der Waals surface area contributed by atoms with Crippen LogP contribution in [0.15, 0.2) is 18.2 Å². The van der Waals surface area contributed by atoms with Gasteiger partial charge < -0.3 is 4.74 Å². The normalized spacial score (nSPS) is 9.64. The van der Waals surface area contributed by atoms with Gasteiger partial charge in [0.15, 0.2) is 6.61 Å². The fraction of sp³-hybridized carbons (Fsp3) is 0.222. The Morgan fingerprint density at radius 3 is 2.93 bits per heavy atom. The summed E-state index contributed by atoms with van der Waals surface area (Å²) in [5.41, 5.74) is 2.43. The smallest absolute Gasteiger partial charge is 0.271 e. The molecule has 0 spiro atoms. The van der Waals surface area contributed by atoms with Crippen LogP contribution >= 0.6 is 0 Å². The van der Waals surface area contributed by atoms with Crippen LogP contribution in [0, 0.1) is 12.7 Å². The lowest BCUT2D eigenvalue weighted by Gasteiger charge is -2.05. The van der Waals surface area contributed by atoms with E-state index in [2.05, 4.69) is 0 Å². The third kappa shape index (κ3) is 2.70. The SMILES string of the molecule is Cc1ccc(OCC(=O)NN)cc1F. The molecule has 0 saturated carbocycles. The van der Waals surface area contributed by atoms with Gasteiger partial charge in [-0.25, -0.2) is 10.2 Å². The summed E-state index contributed by atoms with van der Waals surface area (Å²) in [6.45, 7) is 1.42. The van der Waals surface area contributed by atoms with Gasteiger partial charge in [-0.05, 0) is 18.6 Å². The van der Waals surface area contributed by atoms with Gasteiger partial charge in [-0.2, -0.15) is 0 Å². The molecule has 0 aliphatic rings. The second-order valence-electron chi connectivity index (χ2n) is 2.77. The zero-order valence-corrected chi connectivity index (χ0v) is 7.71. The molecule has 1 aromatic rings. The number of amides is 1. The summed E-state index contributed by atoms with van der Waals surface area (Å²) in [7, 11) is 0. The van der Waals surface area contributed by atoms with Gasteiger partial charge in [-0.3, -0.25) is 10.2 Å². The highest BCUT2D eigenvalue weighted by atomic mass is 19.1. The molecule has 1 aromatic carbocycles. The van der Waals surface area contributed by atoms with E-state index in [4.69, 9.17) is 10.6 Å². The van der Waals surface area contributed by atoms with E-state index >= 15 is 0 Å². The number of rotatable bonds is 3. The highest BCUT2D eigenvalue weighted by Crippen LogP contribution is 2.15. The Morgan fingerprint density at radius 2 is 2.36 bits per heavy atom. The largest absolute Gasteiger partial charge is 0.484 e. The zero-order chi connectivity index (χ0) is 10.6. The van der Waals surface area contributed by atoms with Crippen LogP contribution in [0.1, 0.15) is 5.56 Å². The van der Waals surface area contributed by atoms with Gasteiger partial charge in [0.1, 0.15) is 11.6 Å². The van der Waals surface area contributed by atoms with Crippen molar-refractivity contribution in [1.82, 2.24) is 5.43 Å². The molecule has 0 aliphatic carbocycles. The van der Waals surface area contributed by atoms with E-state index in [1.165, 1.54) is 6.07 Å². The number of nitrogens with one attached hydrogen (secondary N) is 1. The highest BCUT2D eigenvalue weighted by Gasteiger charge is 2.02. The minimum atomic E-state index is -0.467. The number of hydrazine groups is 1. The standard InChI is InChI=1S/C9H11FN2O2/c1-6-2-3-7(4-8(6)10)14-5-9(13)12-11/h2-4H,5,11H2,1H3,(H,12,13). The van der Waals surface area contributed by atoms with Crippen molar-refractivity contribution in [2.75, 3.05) is 6.61 Å². The maximum atomic E-state index is 13.0. The summed E-state index contributed by atoms with van der Waals surface area (Å²) >= 11 is 0. The first kappa shape index (κ1) is 10.5. The Labute approximate surface area is 80.8 Å². The van der Waals surface area contributed by atoms with Crippen molar-refractivity contribution < 1.29 is 13.9 Å². The van der Waals surface area contributed by atoms with E-state index in [0.717, 1.165) is 0 Å². The maximum absolute atomic E-state index is 13.0. The molecule has 0 aromatic heterocycles. The number of ether oxygens (including phenoxy) is 1. The average Bonchev–Trinajstić information content (AvgIpc) is 2.19. The first-order valence-electron chi connectivity index (χ1n) is 4.02. The topological polar surface area (TPSA) is 64.3 Å². The van der Waals surface area contributed by atoms with Gasteiger partial charge in [-0.1, -0.05) is 6.07 Å². The molecule has 76 valence electrons. The number of carbonyl (C=O) groups is 1. The Balaban J connectivity index is 2.60. The molecule has 0 unspecified atom stereocenters. The molecule has 5 heteroatoms. The van der Waals surface area contributed by atoms with Gasteiger partial charge in [0.25, 0.3) is 5.91 Å². The Bertz CT molecular complexity index is 342. The number of nitrogens with two attached hydrogens (primary N) is 1. The molecule has 0 fully saturated rings. The third-order valence-corrected chi connectivity index (χ3v) is 1.67. The number of halogens is 1. The molecule has 0 saturated heterocycles. The van der Waals surface area contributed by atoms with Gasteiger partial charge in [0.2, 0.25) is 0 Å². The predicted octanol–water partition coefficient (Wildman–Crippen LogP) is 0.503. The third-order valence-electron chi connectivity index (χ3n) is 1.67. The molecule has 0 heterocycles. The molecule has 0 radical (unpaired) electrons. The number of benzene rings is 1. The molecule has 4 nitrogen and oxygen atoms in total. The number of hydrogen-bond donors (Lipinski definition) is 2. The van der Waals surface area contributed by atoms with Crippen LogP contribution in [0.25, 0.3) is 0 Å². The van der Waals surface area contributed by atoms with Crippen LogP contribution in [0.3, 0.4) is 0 Å². The van der Waals surface area contributed by atoms with Crippen molar-refractivity contribution >= 4 is 5.91 Å². The summed E-state index contributed by atoms with van der Waals surface area (Å²) in [6, 6.07) is 4.38. The van der Waals surface area contributed by atoms with Crippen molar-refractivity contribution in [1.29, 1.82) is 0 Å². The maximum Gasteiger partial charge on any atom is 0.271 e. The second kappa shape index (κ2) is 4.57. The van der Waals surface area contributed by atoms with Gasteiger partial charge in [0, 0.05) is 6.07 Å². The first-order chi connectivity index (χ1) is 6.63. The van der Waals surface area contributed by atoms with E-state index in [1.54, 1.807) is 19.1 Å². The van der Waals surface area contributed by atoms with Crippen molar-refractivity contribution in [3.05, 3.63) is 29.6 Å². The summed E-state index contributed by atoms with van der Waals surface area (Å²) in [6.07, 6.45) is 0. The molecule has 0 aliphatic heterocycles. The number of aryl methyl sites for hydroxylation is 1. The van der Waals surface area contributed by atoms with E-state index in [0.29, 0.717) is 11.3 Å². The van der Waals surface area contributed by atoms with Crippen molar-refractivity contribution in [2.45, 2.75) is 6.92 Å². The molecule has 0 bridgehead atoms. The number of hydrogen-bond acceptors (Lipinski definition) is 3. The molecule has 3 N–H and O–H groups in total. The van der Waals surface area contributed by atoms with Crippen LogP contribution < -0.4 is 16.0 Å². The Hall–Kier alpha value is -1.62. The van der Waals surface area contributed by atoms with E-state index in [-0.39, 0.29) is 12.4 Å². The highest BCUT2D eigenvalue weighted by molar-refractivity contribution is 5.76. The predicted molar refractivity (Wildman–Crippen MR) is 49.0 cm³/mol. The lowest BCUT2D eigenvalue weighted by molar-refractivity contribution is -0.123. The van der Waals surface area contributed by atoms with Crippen LogP contribution in [-0.4, -0.2) is 12.5 Å². The second-order valence-corrected chi connectivity index (χ2v) is 2.77. The fourth-order valence-corrected chi connectivity index (χ4v) is 0.854. The molecule has 1 amide bonds. The monoisotopic (exact) mass is 198 g/mol. The average molecular weight is 198 g/mol. The number of carbonyl (C=O) groups excluding carboxylic acids is 1. The van der Waals surface area contributed by atoms with Gasteiger partial charge in [0.05, 0.1) is 0 Å². The molecular formula is C9H11FN2O2. The molecular weight excluding hydrogens is 187 g/mol. The van der Waals surface area contributed by atoms with E-state index in [1.807, 2.05) is 5.43 Å². The summed E-state index contributed by atoms with van der Waals surface area (Å²) in [4.78, 5) is 10.7. The lowest BCUT2D eigenvalue weighted by Crippen LogP contribution is -2.34. The van der Waals surface area contributed by atoms with Gasteiger partial charge >= 0.3 is 0 Å². The van der Waals surface area contributed by atoms with Crippen molar-refractivity contribution in [3.63, 3.8) is 0 Å². The van der Waals surface area contributed by atoms with Crippen LogP contribution in [0.5, 0.6) is 5.75 Å². The molecule has 1 rings (SSSR count). The Morgan fingerprint density at radius 1 is 1.64 bits per heavy atom. The van der Waals surface area contributed by atoms with Crippen LogP contribution in [-0.2, 0) is 4.79 Å². The lowest BCUT2D eigenvalue weighted by atomic mass is 10.2. The van der Waals surface area contributed by atoms with Crippen LogP contribution in [0.4, 0.5) is 4.39 Å². The quantitative estimate of drug-likeness (QED) is 0.422. The first-order valence-corrected chi connectivity index (χ1v) is 4.02. The van der Waals surface area contributed by atoms with E-state index < -0.39 is 5.91 Å². The summed E-state index contributed by atoms with van der Waals surface area (Å²) in [5.74, 6) is 4.31. The molecule has 0 atom stereocenters.